The fourth-order valence-electron chi connectivity index (χ4n) is 2.74. The van der Waals surface area contributed by atoms with Gasteiger partial charge in [-0.25, -0.2) is 0 Å². The molecule has 1 aliphatic carbocycles. The van der Waals surface area contributed by atoms with E-state index < -0.39 is 6.10 Å². The smallest absolute Gasteiger partial charge is 0.143 e. The van der Waals surface area contributed by atoms with Crippen LogP contribution in [0, 0.1) is 5.41 Å². The molecule has 1 atom stereocenters. The van der Waals surface area contributed by atoms with Gasteiger partial charge >= 0.3 is 0 Å². The number of rotatable bonds is 3. The number of aliphatic hydroxyl groups excluding tert-OH is 1. The quantitative estimate of drug-likeness (QED) is 0.875. The van der Waals surface area contributed by atoms with Gasteiger partial charge in [-0.05, 0) is 30.4 Å². The van der Waals surface area contributed by atoms with Crippen LogP contribution in [-0.4, -0.2) is 17.2 Å². The summed E-state index contributed by atoms with van der Waals surface area (Å²) in [4.78, 5) is 4.29. The molecular weight excluding hydrogens is 214 g/mol. The SMILES string of the molecule is COc1cccnc1C(O)C1(C)CCCCC1. The van der Waals surface area contributed by atoms with Crippen molar-refractivity contribution in [3.63, 3.8) is 0 Å². The highest BCUT2D eigenvalue weighted by Crippen LogP contribution is 2.46. The fourth-order valence-corrected chi connectivity index (χ4v) is 2.74. The highest BCUT2D eigenvalue weighted by Gasteiger charge is 2.37. The maximum atomic E-state index is 10.6. The molecule has 1 saturated carbocycles. The largest absolute Gasteiger partial charge is 0.495 e. The Bertz CT molecular complexity index is 372. The highest BCUT2D eigenvalue weighted by atomic mass is 16.5. The second kappa shape index (κ2) is 5.05. The Balaban J connectivity index is 2.26. The molecule has 3 nitrogen and oxygen atoms in total. The van der Waals surface area contributed by atoms with Crippen molar-refractivity contribution in [3.8, 4) is 5.75 Å². The molecule has 1 fully saturated rings. The third-order valence-electron chi connectivity index (χ3n) is 3.93. The summed E-state index contributed by atoms with van der Waals surface area (Å²) >= 11 is 0. The fraction of sp³-hybridized carbons (Fsp3) is 0.643. The molecule has 1 aliphatic rings. The van der Waals surface area contributed by atoms with Crippen molar-refractivity contribution in [2.45, 2.75) is 45.1 Å². The van der Waals surface area contributed by atoms with E-state index in [1.54, 1.807) is 13.3 Å². The maximum Gasteiger partial charge on any atom is 0.143 e. The Kier molecular flexibility index (Phi) is 3.67. The van der Waals surface area contributed by atoms with Crippen LogP contribution in [0.25, 0.3) is 0 Å². The zero-order valence-corrected chi connectivity index (χ0v) is 10.6. The first-order valence-corrected chi connectivity index (χ1v) is 6.34. The van der Waals surface area contributed by atoms with E-state index in [9.17, 15) is 5.11 Å². The number of aliphatic hydroxyl groups is 1. The van der Waals surface area contributed by atoms with Crippen LogP contribution in [0.15, 0.2) is 18.3 Å². The molecule has 1 aromatic rings. The van der Waals surface area contributed by atoms with Gasteiger partial charge in [0.1, 0.15) is 17.5 Å². The van der Waals surface area contributed by atoms with E-state index in [2.05, 4.69) is 11.9 Å². The zero-order chi connectivity index (χ0) is 12.3. The van der Waals surface area contributed by atoms with Crippen LogP contribution in [0.3, 0.4) is 0 Å². The molecule has 0 saturated heterocycles. The summed E-state index contributed by atoms with van der Waals surface area (Å²) in [5.41, 5.74) is 0.624. The number of ether oxygens (including phenoxy) is 1. The molecule has 3 heteroatoms. The number of pyridine rings is 1. The zero-order valence-electron chi connectivity index (χ0n) is 10.6. The van der Waals surface area contributed by atoms with Gasteiger partial charge in [-0.2, -0.15) is 0 Å². The Morgan fingerprint density at radius 1 is 1.35 bits per heavy atom. The molecule has 94 valence electrons. The standard InChI is InChI=1S/C14H21NO2/c1-14(8-4-3-5-9-14)13(16)12-11(17-2)7-6-10-15-12/h6-7,10,13,16H,3-5,8-9H2,1-2H3. The second-order valence-corrected chi connectivity index (χ2v) is 5.21. The van der Waals surface area contributed by atoms with E-state index in [1.807, 2.05) is 12.1 Å². The van der Waals surface area contributed by atoms with Crippen LogP contribution in [0.2, 0.25) is 0 Å². The van der Waals surface area contributed by atoms with Crippen molar-refractivity contribution in [2.24, 2.45) is 5.41 Å². The van der Waals surface area contributed by atoms with Gasteiger partial charge in [0.2, 0.25) is 0 Å². The summed E-state index contributed by atoms with van der Waals surface area (Å²) in [6, 6.07) is 3.69. The van der Waals surface area contributed by atoms with E-state index >= 15 is 0 Å². The van der Waals surface area contributed by atoms with Crippen molar-refractivity contribution in [1.29, 1.82) is 0 Å². The lowest BCUT2D eigenvalue weighted by atomic mass is 9.71. The van der Waals surface area contributed by atoms with Gasteiger partial charge in [0.25, 0.3) is 0 Å². The molecule has 0 bridgehead atoms. The van der Waals surface area contributed by atoms with Gasteiger partial charge < -0.3 is 9.84 Å². The third kappa shape index (κ3) is 2.44. The van der Waals surface area contributed by atoms with Gasteiger partial charge in [0.15, 0.2) is 0 Å². The van der Waals surface area contributed by atoms with Gasteiger partial charge in [0.05, 0.1) is 7.11 Å². The van der Waals surface area contributed by atoms with Gasteiger partial charge in [0, 0.05) is 6.20 Å². The lowest BCUT2D eigenvalue weighted by Gasteiger charge is -2.37. The minimum atomic E-state index is -0.529. The summed E-state index contributed by atoms with van der Waals surface area (Å²) in [7, 11) is 1.62. The first kappa shape index (κ1) is 12.4. The number of methoxy groups -OCH3 is 1. The van der Waals surface area contributed by atoms with Crippen LogP contribution < -0.4 is 4.74 Å². The lowest BCUT2D eigenvalue weighted by molar-refractivity contribution is 0.00366. The Morgan fingerprint density at radius 3 is 2.71 bits per heavy atom. The molecule has 0 aliphatic heterocycles. The minimum absolute atomic E-state index is 0.0557. The number of hydrogen-bond acceptors (Lipinski definition) is 3. The monoisotopic (exact) mass is 235 g/mol. The topological polar surface area (TPSA) is 42.4 Å². The Hall–Kier alpha value is -1.09. The van der Waals surface area contributed by atoms with Crippen LogP contribution in [0.1, 0.15) is 50.8 Å². The predicted octanol–water partition coefficient (Wildman–Crippen LogP) is 3.09. The van der Waals surface area contributed by atoms with E-state index in [0.717, 1.165) is 12.8 Å². The minimum Gasteiger partial charge on any atom is -0.495 e. The summed E-state index contributed by atoms with van der Waals surface area (Å²) in [5, 5.41) is 10.6. The number of nitrogens with zero attached hydrogens (tertiary/aromatic N) is 1. The van der Waals surface area contributed by atoms with Crippen LogP contribution in [0.5, 0.6) is 5.75 Å². The predicted molar refractivity (Wildman–Crippen MR) is 66.9 cm³/mol. The third-order valence-corrected chi connectivity index (χ3v) is 3.93. The second-order valence-electron chi connectivity index (χ2n) is 5.21. The Labute approximate surface area is 103 Å². The summed E-state index contributed by atoms with van der Waals surface area (Å²) in [6.45, 7) is 2.16. The molecule has 2 rings (SSSR count). The molecule has 17 heavy (non-hydrogen) atoms. The first-order chi connectivity index (χ1) is 8.17. The summed E-state index contributed by atoms with van der Waals surface area (Å²) in [6.07, 6.45) is 6.99. The molecule has 0 spiro atoms. The van der Waals surface area contributed by atoms with Crippen molar-refractivity contribution >= 4 is 0 Å². The van der Waals surface area contributed by atoms with Crippen LogP contribution in [0.4, 0.5) is 0 Å². The highest BCUT2D eigenvalue weighted by molar-refractivity contribution is 5.29. The van der Waals surface area contributed by atoms with Gasteiger partial charge in [-0.1, -0.05) is 26.2 Å². The van der Waals surface area contributed by atoms with E-state index in [-0.39, 0.29) is 5.41 Å². The van der Waals surface area contributed by atoms with E-state index in [1.165, 1.54) is 19.3 Å². The molecule has 0 amide bonds. The average Bonchev–Trinajstić information content (AvgIpc) is 2.38. The molecular formula is C14H21NO2. The number of aromatic nitrogens is 1. The van der Waals surface area contributed by atoms with E-state index in [0.29, 0.717) is 11.4 Å². The van der Waals surface area contributed by atoms with E-state index in [4.69, 9.17) is 4.74 Å². The molecule has 1 N–H and O–H groups in total. The van der Waals surface area contributed by atoms with Gasteiger partial charge in [-0.3, -0.25) is 4.98 Å². The molecule has 0 aromatic carbocycles. The Morgan fingerprint density at radius 2 is 2.06 bits per heavy atom. The van der Waals surface area contributed by atoms with Crippen molar-refractivity contribution in [2.75, 3.05) is 7.11 Å². The molecule has 1 unspecified atom stereocenters. The molecule has 0 radical (unpaired) electrons. The van der Waals surface area contributed by atoms with Gasteiger partial charge in [-0.15, -0.1) is 0 Å². The summed E-state index contributed by atoms with van der Waals surface area (Å²) in [5.74, 6) is 0.687. The normalized spacial score (nSPS) is 20.9. The maximum absolute atomic E-state index is 10.6. The molecule has 1 aromatic heterocycles. The lowest BCUT2D eigenvalue weighted by Crippen LogP contribution is -2.29. The number of hydrogen-bond donors (Lipinski definition) is 1. The van der Waals surface area contributed by atoms with Crippen LogP contribution in [-0.2, 0) is 0 Å². The summed E-state index contributed by atoms with van der Waals surface area (Å²) < 4.78 is 5.28. The first-order valence-electron chi connectivity index (χ1n) is 6.34. The van der Waals surface area contributed by atoms with Crippen molar-refractivity contribution in [1.82, 2.24) is 4.98 Å². The molecule has 1 heterocycles. The van der Waals surface area contributed by atoms with Crippen LogP contribution >= 0.6 is 0 Å². The van der Waals surface area contributed by atoms with Crippen molar-refractivity contribution < 1.29 is 9.84 Å². The average molecular weight is 235 g/mol. The van der Waals surface area contributed by atoms with Crippen molar-refractivity contribution in [3.05, 3.63) is 24.0 Å².